The Morgan fingerprint density at radius 2 is 0.485 bits per heavy atom. The monoisotopic (exact) mass is 1470 g/mol. The van der Waals surface area contributed by atoms with Gasteiger partial charge in [-0.1, -0.05) is 279 Å². The van der Waals surface area contributed by atoms with Gasteiger partial charge in [-0.15, -0.1) is 0 Å². The number of rotatable bonds is 71. The zero-order valence-electron chi connectivity index (χ0n) is 63.4. The van der Waals surface area contributed by atoms with Crippen molar-refractivity contribution in [2.24, 2.45) is 0 Å². The molecule has 5 unspecified atom stereocenters. The molecule has 0 saturated carbocycles. The highest BCUT2D eigenvalue weighted by atomic mass is 31.2. The molecule has 16 nitrogen and oxygen atoms in total. The van der Waals surface area contributed by atoms with Crippen molar-refractivity contribution in [2.75, 3.05) is 39.6 Å². The fraction of sp³-hybridized carbons (Fsp3) is 0.588. The number of aliphatic hydroxyl groups is 2. The van der Waals surface area contributed by atoms with Crippen molar-refractivity contribution >= 4 is 33.6 Å². The number of phosphoric ester groups is 2. The van der Waals surface area contributed by atoms with Gasteiger partial charge in [0.15, 0.2) is 6.10 Å². The molecule has 0 bridgehead atoms. The van der Waals surface area contributed by atoms with E-state index in [9.17, 15) is 43.5 Å². The van der Waals surface area contributed by atoms with Crippen LogP contribution in [0.15, 0.2) is 194 Å². The maximum absolute atomic E-state index is 13.0. The minimum atomic E-state index is -4.96. The van der Waals surface area contributed by atoms with Crippen LogP contribution >= 0.6 is 15.6 Å². The summed E-state index contributed by atoms with van der Waals surface area (Å²) in [5, 5.41) is 20.6. The zero-order chi connectivity index (χ0) is 75.2. The van der Waals surface area contributed by atoms with Crippen molar-refractivity contribution in [1.29, 1.82) is 0 Å². The van der Waals surface area contributed by atoms with Gasteiger partial charge in [0.2, 0.25) is 0 Å². The number of ether oxygens (including phenoxy) is 3. The average Bonchev–Trinajstić information content (AvgIpc) is 0.935. The van der Waals surface area contributed by atoms with E-state index in [0.29, 0.717) is 19.3 Å². The molecule has 0 aliphatic heterocycles. The van der Waals surface area contributed by atoms with Crippen molar-refractivity contribution in [2.45, 2.75) is 283 Å². The van der Waals surface area contributed by atoms with E-state index < -0.39 is 91.5 Å². The summed E-state index contributed by atoms with van der Waals surface area (Å²) in [7, 11) is -9.83. The van der Waals surface area contributed by atoms with Crippen molar-refractivity contribution in [1.82, 2.24) is 0 Å². The van der Waals surface area contributed by atoms with Gasteiger partial charge in [0.05, 0.1) is 26.4 Å². The van der Waals surface area contributed by atoms with E-state index in [4.69, 9.17) is 32.3 Å². The highest BCUT2D eigenvalue weighted by molar-refractivity contribution is 7.47. The first-order valence-corrected chi connectivity index (χ1v) is 41.7. The Morgan fingerprint density at radius 1 is 0.272 bits per heavy atom. The Bertz CT molecular complexity index is 2650. The molecule has 0 aromatic carbocycles. The van der Waals surface area contributed by atoms with Gasteiger partial charge in [0.1, 0.15) is 25.4 Å². The summed E-state index contributed by atoms with van der Waals surface area (Å²) in [6.07, 6.45) is 99.0. The quantitative estimate of drug-likeness (QED) is 0.0146. The fourth-order valence-corrected chi connectivity index (χ4v) is 11.1. The zero-order valence-corrected chi connectivity index (χ0v) is 65.2. The molecule has 18 heteroatoms. The summed E-state index contributed by atoms with van der Waals surface area (Å²) in [6.45, 7) is 2.23. The molecule has 0 aromatic rings. The van der Waals surface area contributed by atoms with Gasteiger partial charge >= 0.3 is 33.6 Å². The number of hydrogen-bond donors (Lipinski definition) is 4. The van der Waals surface area contributed by atoms with Gasteiger partial charge < -0.3 is 34.2 Å². The van der Waals surface area contributed by atoms with E-state index in [1.807, 2.05) is 0 Å². The van der Waals surface area contributed by atoms with Crippen LogP contribution in [0.5, 0.6) is 0 Å². The van der Waals surface area contributed by atoms with Crippen molar-refractivity contribution in [3.05, 3.63) is 194 Å². The van der Waals surface area contributed by atoms with Crippen molar-refractivity contribution in [3.63, 3.8) is 0 Å². The van der Waals surface area contributed by atoms with Crippen molar-refractivity contribution in [3.8, 4) is 0 Å². The molecule has 0 radical (unpaired) electrons. The van der Waals surface area contributed by atoms with Crippen molar-refractivity contribution < 1.29 is 75.8 Å². The molecule has 4 N–H and O–H groups in total. The number of hydrogen-bond acceptors (Lipinski definition) is 14. The average molecular weight is 1480 g/mol. The van der Waals surface area contributed by atoms with E-state index in [2.05, 4.69) is 215 Å². The van der Waals surface area contributed by atoms with Gasteiger partial charge in [-0.05, 0) is 161 Å². The predicted octanol–water partition coefficient (Wildman–Crippen LogP) is 22.8. The van der Waals surface area contributed by atoms with E-state index in [0.717, 1.165) is 180 Å². The molecule has 0 saturated heterocycles. The van der Waals surface area contributed by atoms with Gasteiger partial charge in [0, 0.05) is 19.3 Å². The number of allylic oxidation sites excluding steroid dienone is 32. The highest BCUT2D eigenvalue weighted by Gasteiger charge is 2.29. The van der Waals surface area contributed by atoms with Crippen LogP contribution in [-0.4, -0.2) is 95.9 Å². The normalized spacial score (nSPS) is 15.1. The first-order chi connectivity index (χ1) is 50.2. The van der Waals surface area contributed by atoms with Crippen LogP contribution < -0.4 is 0 Å². The van der Waals surface area contributed by atoms with Gasteiger partial charge in [-0.3, -0.25) is 32.5 Å². The Hall–Kier alpha value is -5.61. The van der Waals surface area contributed by atoms with Gasteiger partial charge in [0.25, 0.3) is 0 Å². The Labute approximate surface area is 623 Å². The Kier molecular flexibility index (Phi) is 71.9. The molecule has 103 heavy (non-hydrogen) atoms. The number of carbonyl (C=O) groups excluding carboxylic acids is 3. The molecule has 0 heterocycles. The number of carbonyl (C=O) groups is 3. The Balaban J connectivity index is 4.76. The molecule has 0 fully saturated rings. The highest BCUT2D eigenvalue weighted by Crippen LogP contribution is 2.45. The van der Waals surface area contributed by atoms with Crippen LogP contribution in [0.25, 0.3) is 0 Å². The first-order valence-electron chi connectivity index (χ1n) is 38.7. The van der Waals surface area contributed by atoms with E-state index in [1.54, 1.807) is 0 Å². The maximum Gasteiger partial charge on any atom is 0.472 e. The second-order valence-corrected chi connectivity index (χ2v) is 27.9. The third kappa shape index (κ3) is 77.3. The lowest BCUT2D eigenvalue weighted by Gasteiger charge is -2.21. The van der Waals surface area contributed by atoms with E-state index in [-0.39, 0.29) is 19.3 Å². The van der Waals surface area contributed by atoms with Crippen LogP contribution in [0.2, 0.25) is 0 Å². The van der Waals surface area contributed by atoms with Crippen LogP contribution in [-0.2, 0) is 55.8 Å². The maximum atomic E-state index is 13.0. The van der Waals surface area contributed by atoms with Gasteiger partial charge in [-0.25, -0.2) is 9.13 Å². The number of esters is 3. The number of phosphoric acid groups is 2. The van der Waals surface area contributed by atoms with Crippen LogP contribution in [0.3, 0.4) is 0 Å². The summed E-state index contributed by atoms with van der Waals surface area (Å²) >= 11 is 0. The molecule has 0 amide bonds. The summed E-state index contributed by atoms with van der Waals surface area (Å²) in [6, 6.07) is 0. The molecule has 5 atom stereocenters. The molecule has 0 spiro atoms. The third-order valence-electron chi connectivity index (χ3n) is 15.3. The summed E-state index contributed by atoms with van der Waals surface area (Å²) in [5.74, 6) is -1.67. The minimum absolute atomic E-state index is 0.0637. The van der Waals surface area contributed by atoms with Crippen LogP contribution in [0, 0.1) is 0 Å². The largest absolute Gasteiger partial charge is 0.472 e. The fourth-order valence-electron chi connectivity index (χ4n) is 9.51. The lowest BCUT2D eigenvalue weighted by molar-refractivity contribution is -0.161. The summed E-state index contributed by atoms with van der Waals surface area (Å²) < 4.78 is 61.1. The lowest BCUT2D eigenvalue weighted by Crippen LogP contribution is -2.30. The Morgan fingerprint density at radius 3 is 0.786 bits per heavy atom. The predicted molar refractivity (Wildman–Crippen MR) is 426 cm³/mol. The molecular weight excluding hydrogens is 1340 g/mol. The van der Waals surface area contributed by atoms with E-state index >= 15 is 0 Å². The minimum Gasteiger partial charge on any atom is -0.463 e. The molecular formula is C85H136O16P2. The topological polar surface area (TPSA) is 231 Å². The number of aliphatic hydroxyl groups excluding tert-OH is 2. The second kappa shape index (κ2) is 76.1. The molecule has 0 rings (SSSR count). The summed E-state index contributed by atoms with van der Waals surface area (Å²) in [4.78, 5) is 58.7. The first kappa shape index (κ1) is 97.4. The lowest BCUT2D eigenvalue weighted by atomic mass is 10.1. The molecule has 0 aliphatic carbocycles. The smallest absolute Gasteiger partial charge is 0.463 e. The molecule has 0 aromatic heterocycles. The molecule has 0 aliphatic rings. The van der Waals surface area contributed by atoms with Crippen LogP contribution in [0.1, 0.15) is 265 Å². The summed E-state index contributed by atoms with van der Waals surface area (Å²) in [5.41, 5.74) is 0. The number of unbranched alkanes of at least 4 members (excludes halogenated alkanes) is 16. The van der Waals surface area contributed by atoms with Gasteiger partial charge in [-0.2, -0.15) is 0 Å². The SMILES string of the molecule is CC/C=C\C/C=C\C/C=C\C/C=C\C/C=C\C/C=C\CCCCC(=O)OCC(COP(=O)(O)OCC(O)COP(=O)(O)OCC(O)COC(=O)CCCCCCCCCCC/C=C\C/C=C\C/C=C\C/C=C\C/C=C\CC)OC(=O)CCCCCCC/C=C\C/C=C\C/C=C\C/C=C\C/C=C\CC. The van der Waals surface area contributed by atoms with Crippen LogP contribution in [0.4, 0.5) is 0 Å². The van der Waals surface area contributed by atoms with E-state index in [1.165, 1.54) is 25.7 Å². The third-order valence-corrected chi connectivity index (χ3v) is 17.2. The molecule has 582 valence electrons. The standard InChI is InChI=1S/C85H136O16P2/c1-4-7-10-13-16-19-22-25-28-31-34-37-38-39-40-43-45-47-50-53-56-59-62-65-68-71-83(88)95-74-80(86)75-97-102(91,92)98-76-81(87)77-99-103(93,94)100-79-82(101-85(90)73-70-67-64-61-58-55-52-49-46-42-36-33-30-27-24-21-18-15-12-9-6-3)78-96-84(89)72-69-66-63-60-57-54-51-48-44-41-35-32-29-26-23-20-17-14-11-8-5-2/h7-12,16-21,25-30,34-37,39-42,48-49,51-52,57,60,80-82,86-87H,4-6,13-15,22-24,31-33,38,43-47,50,53-56,58-59,61-79H2,1-3H3,(H,91,92)(H,93,94)/b10-7-,11-8-,12-9-,19-16-,20-17-,21-18-,28-25-,29-26-,30-27-,37-34-,40-39-,41-35-,42-36-,51-48-,52-49-,60-57-. The second-order valence-electron chi connectivity index (χ2n) is 25.0.